The number of anilines is 1. The maximum Gasteiger partial charge on any atom is 0.100 e. The number of hydrogen-bond donors (Lipinski definition) is 1. The van der Waals surface area contributed by atoms with E-state index >= 15 is 0 Å². The molecule has 15 heavy (non-hydrogen) atoms. The number of nitrogens with zero attached hydrogens (tertiary/aromatic N) is 1. The highest BCUT2D eigenvalue weighted by molar-refractivity contribution is 6.20. The number of rotatable bonds is 1. The summed E-state index contributed by atoms with van der Waals surface area (Å²) in [6.45, 7) is 7.14. The van der Waals surface area contributed by atoms with Crippen LogP contribution in [-0.2, 0) is 0 Å². The van der Waals surface area contributed by atoms with E-state index in [9.17, 15) is 0 Å². The molecule has 1 aliphatic heterocycles. The Morgan fingerprint density at radius 3 is 2.53 bits per heavy atom. The van der Waals surface area contributed by atoms with Gasteiger partial charge in [0.1, 0.15) is 5.50 Å². The molecule has 2 rings (SSSR count). The van der Waals surface area contributed by atoms with E-state index in [0.29, 0.717) is 0 Å². The summed E-state index contributed by atoms with van der Waals surface area (Å²) in [5.41, 5.74) is 3.99. The number of halogens is 1. The van der Waals surface area contributed by atoms with Crippen molar-refractivity contribution in [2.45, 2.75) is 19.3 Å². The molecule has 0 aliphatic carbocycles. The van der Waals surface area contributed by atoms with E-state index in [4.69, 9.17) is 11.6 Å². The van der Waals surface area contributed by atoms with Crippen LogP contribution in [0.3, 0.4) is 0 Å². The van der Waals surface area contributed by atoms with Crippen LogP contribution in [0.15, 0.2) is 18.2 Å². The zero-order valence-electron chi connectivity index (χ0n) is 9.26. The molecule has 1 atom stereocenters. The van der Waals surface area contributed by atoms with Gasteiger partial charge in [-0.2, -0.15) is 0 Å². The average Bonchev–Trinajstić information content (AvgIpc) is 2.16. The molecule has 0 amide bonds. The van der Waals surface area contributed by atoms with Crippen LogP contribution in [0.4, 0.5) is 5.69 Å². The summed E-state index contributed by atoms with van der Waals surface area (Å²) in [5.74, 6) is 0. The lowest BCUT2D eigenvalue weighted by Crippen LogP contribution is -2.48. The summed E-state index contributed by atoms with van der Waals surface area (Å²) in [5, 5.41) is 3.23. The Kier molecular flexibility index (Phi) is 3.17. The molecule has 0 spiro atoms. The van der Waals surface area contributed by atoms with Crippen LogP contribution in [0.25, 0.3) is 0 Å². The minimum atomic E-state index is 0.0690. The second kappa shape index (κ2) is 4.42. The van der Waals surface area contributed by atoms with Gasteiger partial charge in [-0.1, -0.05) is 6.07 Å². The zero-order chi connectivity index (χ0) is 10.8. The molecule has 1 unspecified atom stereocenters. The van der Waals surface area contributed by atoms with Crippen molar-refractivity contribution in [2.24, 2.45) is 0 Å². The van der Waals surface area contributed by atoms with Crippen LogP contribution < -0.4 is 10.2 Å². The first-order valence-corrected chi connectivity index (χ1v) is 5.79. The lowest BCUT2D eigenvalue weighted by molar-refractivity contribution is 0.552. The standard InChI is InChI=1S/C12H17ClN2/c1-9-5-10(2)7-11(6-9)15-4-3-14-12(13)8-15/h5-7,12,14H,3-4,8H2,1-2H3. The van der Waals surface area contributed by atoms with E-state index in [0.717, 1.165) is 19.6 Å². The summed E-state index contributed by atoms with van der Waals surface area (Å²) in [4.78, 5) is 2.34. The Morgan fingerprint density at radius 2 is 1.93 bits per heavy atom. The molecule has 1 saturated heterocycles. The molecule has 0 bridgehead atoms. The van der Waals surface area contributed by atoms with Crippen LogP contribution >= 0.6 is 11.6 Å². The molecule has 0 aromatic heterocycles. The highest BCUT2D eigenvalue weighted by Gasteiger charge is 2.17. The monoisotopic (exact) mass is 224 g/mol. The van der Waals surface area contributed by atoms with E-state index in [1.165, 1.54) is 16.8 Å². The Morgan fingerprint density at radius 1 is 1.27 bits per heavy atom. The summed E-state index contributed by atoms with van der Waals surface area (Å²) in [6, 6.07) is 6.65. The molecule has 3 heteroatoms. The van der Waals surface area contributed by atoms with Gasteiger partial charge in [0.2, 0.25) is 0 Å². The van der Waals surface area contributed by atoms with E-state index in [-0.39, 0.29) is 5.50 Å². The van der Waals surface area contributed by atoms with Crippen LogP contribution in [-0.4, -0.2) is 25.1 Å². The summed E-state index contributed by atoms with van der Waals surface area (Å²) < 4.78 is 0. The van der Waals surface area contributed by atoms with Crippen LogP contribution in [0, 0.1) is 13.8 Å². The normalized spacial score (nSPS) is 21.8. The van der Waals surface area contributed by atoms with Gasteiger partial charge in [0, 0.05) is 25.3 Å². The molecule has 2 nitrogen and oxygen atoms in total. The number of benzene rings is 1. The smallest absolute Gasteiger partial charge is 0.100 e. The van der Waals surface area contributed by atoms with E-state index in [1.54, 1.807) is 0 Å². The maximum absolute atomic E-state index is 6.09. The van der Waals surface area contributed by atoms with E-state index < -0.39 is 0 Å². The largest absolute Gasteiger partial charge is 0.367 e. The van der Waals surface area contributed by atoms with Gasteiger partial charge in [-0.05, 0) is 37.1 Å². The summed E-state index contributed by atoms with van der Waals surface area (Å²) >= 11 is 6.09. The van der Waals surface area contributed by atoms with Crippen LogP contribution in [0.5, 0.6) is 0 Å². The first-order chi connectivity index (χ1) is 7.15. The van der Waals surface area contributed by atoms with Gasteiger partial charge in [-0.3, -0.25) is 5.32 Å². The predicted molar refractivity (Wildman–Crippen MR) is 65.8 cm³/mol. The van der Waals surface area contributed by atoms with E-state index in [2.05, 4.69) is 42.3 Å². The number of hydrogen-bond acceptors (Lipinski definition) is 2. The lowest BCUT2D eigenvalue weighted by Gasteiger charge is -2.32. The highest BCUT2D eigenvalue weighted by Crippen LogP contribution is 2.20. The minimum Gasteiger partial charge on any atom is -0.367 e. The second-order valence-electron chi connectivity index (χ2n) is 4.21. The van der Waals surface area contributed by atoms with Crippen LogP contribution in [0.2, 0.25) is 0 Å². The Balaban J connectivity index is 2.20. The van der Waals surface area contributed by atoms with Crippen molar-refractivity contribution in [3.8, 4) is 0 Å². The zero-order valence-corrected chi connectivity index (χ0v) is 10.0. The fourth-order valence-corrected chi connectivity index (χ4v) is 2.35. The van der Waals surface area contributed by atoms with Gasteiger partial charge < -0.3 is 4.90 Å². The van der Waals surface area contributed by atoms with Crippen molar-refractivity contribution in [1.82, 2.24) is 5.32 Å². The summed E-state index contributed by atoms with van der Waals surface area (Å²) in [7, 11) is 0. The van der Waals surface area contributed by atoms with Crippen LogP contribution in [0.1, 0.15) is 11.1 Å². The summed E-state index contributed by atoms with van der Waals surface area (Å²) in [6.07, 6.45) is 0. The predicted octanol–water partition coefficient (Wildman–Crippen LogP) is 2.28. The molecule has 1 N–H and O–H groups in total. The lowest BCUT2D eigenvalue weighted by atomic mass is 10.1. The van der Waals surface area contributed by atoms with Gasteiger partial charge in [-0.25, -0.2) is 0 Å². The van der Waals surface area contributed by atoms with Crippen molar-refractivity contribution >= 4 is 17.3 Å². The number of aryl methyl sites for hydroxylation is 2. The molecule has 0 radical (unpaired) electrons. The third kappa shape index (κ3) is 2.64. The molecular weight excluding hydrogens is 208 g/mol. The molecule has 1 fully saturated rings. The second-order valence-corrected chi connectivity index (χ2v) is 4.74. The van der Waals surface area contributed by atoms with Crippen molar-refractivity contribution in [3.05, 3.63) is 29.3 Å². The molecule has 1 aromatic carbocycles. The SMILES string of the molecule is Cc1cc(C)cc(N2CCNC(Cl)C2)c1. The molecule has 1 heterocycles. The van der Waals surface area contributed by atoms with Crippen molar-refractivity contribution < 1.29 is 0 Å². The number of nitrogens with one attached hydrogen (secondary N) is 1. The molecular formula is C12H17ClN2. The number of piperazine rings is 1. The molecule has 1 aromatic rings. The fraction of sp³-hybridized carbons (Fsp3) is 0.500. The maximum atomic E-state index is 6.09. The topological polar surface area (TPSA) is 15.3 Å². The van der Waals surface area contributed by atoms with Crippen molar-refractivity contribution in [2.75, 3.05) is 24.5 Å². The Hall–Kier alpha value is -0.730. The molecule has 0 saturated carbocycles. The minimum absolute atomic E-state index is 0.0690. The van der Waals surface area contributed by atoms with Gasteiger partial charge in [0.25, 0.3) is 0 Å². The third-order valence-corrected chi connectivity index (χ3v) is 2.99. The average molecular weight is 225 g/mol. The van der Waals surface area contributed by atoms with Crippen molar-refractivity contribution in [3.63, 3.8) is 0 Å². The van der Waals surface area contributed by atoms with Gasteiger partial charge >= 0.3 is 0 Å². The highest BCUT2D eigenvalue weighted by atomic mass is 35.5. The first-order valence-electron chi connectivity index (χ1n) is 5.36. The molecule has 1 aliphatic rings. The van der Waals surface area contributed by atoms with Crippen molar-refractivity contribution in [1.29, 1.82) is 0 Å². The first kappa shape index (κ1) is 10.8. The third-order valence-electron chi connectivity index (χ3n) is 2.70. The van der Waals surface area contributed by atoms with Gasteiger partial charge in [0.15, 0.2) is 0 Å². The van der Waals surface area contributed by atoms with E-state index in [1.807, 2.05) is 0 Å². The molecule has 82 valence electrons. The van der Waals surface area contributed by atoms with Gasteiger partial charge in [-0.15, -0.1) is 11.6 Å². The quantitative estimate of drug-likeness (QED) is 0.582. The number of alkyl halides is 1. The van der Waals surface area contributed by atoms with Gasteiger partial charge in [0.05, 0.1) is 0 Å². The fourth-order valence-electron chi connectivity index (χ4n) is 2.07. The Labute approximate surface area is 96.2 Å². The Bertz CT molecular complexity index is 331.